The van der Waals surface area contributed by atoms with E-state index in [4.69, 9.17) is 5.73 Å². The maximum Gasteiger partial charge on any atom is 0.126 e. The van der Waals surface area contributed by atoms with Crippen molar-refractivity contribution in [2.75, 3.05) is 12.8 Å². The topological polar surface area (TPSA) is 50.9 Å². The van der Waals surface area contributed by atoms with Gasteiger partial charge >= 0.3 is 0 Å². The average Bonchev–Trinajstić information content (AvgIpc) is 2.29. The highest BCUT2D eigenvalue weighted by molar-refractivity contribution is 5.39. The Morgan fingerprint density at radius 2 is 1.83 bits per heavy atom. The average molecular weight is 249 g/mol. The largest absolute Gasteiger partial charge is 0.383 e. The van der Waals surface area contributed by atoms with Crippen LogP contribution >= 0.6 is 0 Å². The Balaban J connectivity index is 2.87. The lowest BCUT2D eigenvalue weighted by atomic mass is 9.78. The predicted octanol–water partition coefficient (Wildman–Crippen LogP) is 2.72. The molecule has 0 radical (unpaired) electrons. The highest BCUT2D eigenvalue weighted by Crippen LogP contribution is 2.27. The third-order valence-electron chi connectivity index (χ3n) is 3.74. The molecule has 0 aliphatic carbocycles. The van der Waals surface area contributed by atoms with Gasteiger partial charge in [0.2, 0.25) is 0 Å². The van der Waals surface area contributed by atoms with Gasteiger partial charge < -0.3 is 11.1 Å². The Bertz CT molecular complexity index is 353. The number of anilines is 1. The van der Waals surface area contributed by atoms with Crippen molar-refractivity contribution in [1.29, 1.82) is 0 Å². The second-order valence-corrected chi connectivity index (χ2v) is 5.71. The van der Waals surface area contributed by atoms with Crippen molar-refractivity contribution >= 4 is 5.82 Å². The van der Waals surface area contributed by atoms with Crippen LogP contribution in [-0.2, 0) is 6.42 Å². The zero-order chi connectivity index (χ0) is 13.7. The number of rotatable bonds is 6. The third-order valence-corrected chi connectivity index (χ3v) is 3.74. The molecule has 1 atom stereocenters. The molecule has 3 N–H and O–H groups in total. The standard InChI is InChI=1S/C15H27N3/c1-10(2)14(11(3)4)13(17-5)9-12-7-6-8-18-15(12)16/h6-8,10-11,13-14,17H,9H2,1-5H3,(H2,16,18). The molecule has 0 saturated heterocycles. The minimum atomic E-state index is 0.441. The summed E-state index contributed by atoms with van der Waals surface area (Å²) in [5.74, 6) is 2.60. The first kappa shape index (κ1) is 15.0. The number of nitrogens with one attached hydrogen (secondary N) is 1. The lowest BCUT2D eigenvalue weighted by Crippen LogP contribution is -2.41. The number of aromatic nitrogens is 1. The Kier molecular flexibility index (Phi) is 5.60. The van der Waals surface area contributed by atoms with E-state index in [1.165, 1.54) is 0 Å². The van der Waals surface area contributed by atoms with Gasteiger partial charge in [0.1, 0.15) is 5.82 Å². The molecular formula is C15H27N3. The van der Waals surface area contributed by atoms with E-state index in [0.29, 0.717) is 29.6 Å². The number of nitrogen functional groups attached to an aromatic ring is 1. The van der Waals surface area contributed by atoms with Gasteiger partial charge in [0.15, 0.2) is 0 Å². The van der Waals surface area contributed by atoms with E-state index in [-0.39, 0.29) is 0 Å². The number of pyridine rings is 1. The second kappa shape index (κ2) is 6.74. The zero-order valence-corrected chi connectivity index (χ0v) is 12.3. The SMILES string of the molecule is CNC(Cc1cccnc1N)C(C(C)C)C(C)C. The Morgan fingerprint density at radius 3 is 2.28 bits per heavy atom. The number of hydrogen-bond donors (Lipinski definition) is 2. The minimum Gasteiger partial charge on any atom is -0.383 e. The highest BCUT2D eigenvalue weighted by Gasteiger charge is 2.26. The van der Waals surface area contributed by atoms with Crippen molar-refractivity contribution in [1.82, 2.24) is 10.3 Å². The molecule has 0 aromatic carbocycles. The van der Waals surface area contributed by atoms with Crippen LogP contribution in [0.15, 0.2) is 18.3 Å². The lowest BCUT2D eigenvalue weighted by molar-refractivity contribution is 0.214. The molecule has 1 aromatic rings. The first-order valence-corrected chi connectivity index (χ1v) is 6.84. The number of hydrogen-bond acceptors (Lipinski definition) is 3. The van der Waals surface area contributed by atoms with Gasteiger partial charge in [-0.2, -0.15) is 0 Å². The molecule has 3 heteroatoms. The molecule has 0 aliphatic rings. The van der Waals surface area contributed by atoms with Gasteiger partial charge in [-0.15, -0.1) is 0 Å². The van der Waals surface area contributed by atoms with Crippen LogP contribution in [0.3, 0.4) is 0 Å². The summed E-state index contributed by atoms with van der Waals surface area (Å²) < 4.78 is 0. The van der Waals surface area contributed by atoms with Gasteiger partial charge in [-0.05, 0) is 42.9 Å². The van der Waals surface area contributed by atoms with Crippen molar-refractivity contribution in [2.24, 2.45) is 17.8 Å². The Labute approximate surface area is 111 Å². The van der Waals surface area contributed by atoms with Crippen molar-refractivity contribution in [3.05, 3.63) is 23.9 Å². The molecule has 0 aliphatic heterocycles. The molecule has 0 saturated carbocycles. The summed E-state index contributed by atoms with van der Waals surface area (Å²) in [7, 11) is 2.04. The third kappa shape index (κ3) is 3.70. The van der Waals surface area contributed by atoms with Gasteiger partial charge in [-0.3, -0.25) is 0 Å². The number of nitrogens with two attached hydrogens (primary N) is 1. The van der Waals surface area contributed by atoms with Gasteiger partial charge in [0.05, 0.1) is 0 Å². The Hall–Kier alpha value is -1.09. The van der Waals surface area contributed by atoms with E-state index in [0.717, 1.165) is 12.0 Å². The van der Waals surface area contributed by atoms with Gasteiger partial charge in [-0.1, -0.05) is 33.8 Å². The number of likely N-dealkylation sites (N-methyl/N-ethyl adjacent to an activating group) is 1. The van der Waals surface area contributed by atoms with Crippen LogP contribution in [0.1, 0.15) is 33.3 Å². The second-order valence-electron chi connectivity index (χ2n) is 5.71. The fourth-order valence-corrected chi connectivity index (χ4v) is 2.99. The van der Waals surface area contributed by atoms with Crippen LogP contribution in [-0.4, -0.2) is 18.1 Å². The van der Waals surface area contributed by atoms with E-state index >= 15 is 0 Å². The van der Waals surface area contributed by atoms with E-state index in [9.17, 15) is 0 Å². The molecule has 18 heavy (non-hydrogen) atoms. The first-order valence-electron chi connectivity index (χ1n) is 6.84. The summed E-state index contributed by atoms with van der Waals surface area (Å²) >= 11 is 0. The molecule has 0 spiro atoms. The molecule has 1 heterocycles. The van der Waals surface area contributed by atoms with Crippen molar-refractivity contribution in [3.63, 3.8) is 0 Å². The van der Waals surface area contributed by atoms with E-state index in [2.05, 4.69) is 44.1 Å². The molecule has 1 unspecified atom stereocenters. The first-order chi connectivity index (χ1) is 8.47. The quantitative estimate of drug-likeness (QED) is 0.815. The van der Waals surface area contributed by atoms with Crippen LogP contribution in [0.4, 0.5) is 5.82 Å². The highest BCUT2D eigenvalue weighted by atomic mass is 14.9. The van der Waals surface area contributed by atoms with Crippen LogP contribution in [0.2, 0.25) is 0 Å². The van der Waals surface area contributed by atoms with Crippen LogP contribution in [0.25, 0.3) is 0 Å². The fourth-order valence-electron chi connectivity index (χ4n) is 2.99. The summed E-state index contributed by atoms with van der Waals surface area (Å²) in [5.41, 5.74) is 7.08. The van der Waals surface area contributed by atoms with Crippen molar-refractivity contribution in [2.45, 2.75) is 40.2 Å². The van der Waals surface area contributed by atoms with Crippen LogP contribution in [0.5, 0.6) is 0 Å². The van der Waals surface area contributed by atoms with Crippen LogP contribution < -0.4 is 11.1 Å². The van der Waals surface area contributed by atoms with E-state index in [1.807, 2.05) is 13.1 Å². The van der Waals surface area contributed by atoms with E-state index in [1.54, 1.807) is 6.20 Å². The molecule has 0 bridgehead atoms. The molecule has 1 aromatic heterocycles. The molecule has 0 fully saturated rings. The summed E-state index contributed by atoms with van der Waals surface area (Å²) in [6.07, 6.45) is 2.69. The maximum atomic E-state index is 5.94. The smallest absolute Gasteiger partial charge is 0.126 e. The van der Waals surface area contributed by atoms with E-state index < -0.39 is 0 Å². The van der Waals surface area contributed by atoms with Crippen LogP contribution in [0, 0.1) is 17.8 Å². The van der Waals surface area contributed by atoms with Crippen molar-refractivity contribution < 1.29 is 0 Å². The molecular weight excluding hydrogens is 222 g/mol. The van der Waals surface area contributed by atoms with Crippen molar-refractivity contribution in [3.8, 4) is 0 Å². The summed E-state index contributed by atoms with van der Waals surface area (Å²) in [6, 6.07) is 4.47. The zero-order valence-electron chi connectivity index (χ0n) is 12.3. The molecule has 102 valence electrons. The lowest BCUT2D eigenvalue weighted by Gasteiger charge is -2.33. The molecule has 3 nitrogen and oxygen atoms in total. The monoisotopic (exact) mass is 249 g/mol. The Morgan fingerprint density at radius 1 is 1.22 bits per heavy atom. The predicted molar refractivity (Wildman–Crippen MR) is 78.4 cm³/mol. The fraction of sp³-hybridized carbons (Fsp3) is 0.667. The van der Waals surface area contributed by atoms with Gasteiger partial charge in [0, 0.05) is 12.2 Å². The summed E-state index contributed by atoms with van der Waals surface area (Å²) in [5, 5.41) is 3.46. The minimum absolute atomic E-state index is 0.441. The van der Waals surface area contributed by atoms with Gasteiger partial charge in [-0.25, -0.2) is 4.98 Å². The maximum absolute atomic E-state index is 5.94. The van der Waals surface area contributed by atoms with Gasteiger partial charge in [0.25, 0.3) is 0 Å². The number of nitrogens with zero attached hydrogens (tertiary/aromatic N) is 1. The summed E-state index contributed by atoms with van der Waals surface area (Å²) in [6.45, 7) is 9.17. The summed E-state index contributed by atoms with van der Waals surface area (Å²) in [4.78, 5) is 4.17. The normalized spacial score (nSPS) is 13.6. The molecule has 1 rings (SSSR count). The molecule has 0 amide bonds.